The molecule has 0 amide bonds. The summed E-state index contributed by atoms with van der Waals surface area (Å²) in [6.45, 7) is 7.04. The van der Waals surface area contributed by atoms with E-state index in [2.05, 4.69) is 34.9 Å². The average molecular weight is 474 g/mol. The second-order valence-corrected chi connectivity index (χ2v) is 11.8. The van der Waals surface area contributed by atoms with E-state index in [-0.39, 0.29) is 23.3 Å². The summed E-state index contributed by atoms with van der Waals surface area (Å²) in [5.41, 5.74) is 3.37. The van der Waals surface area contributed by atoms with Gasteiger partial charge in [-0.15, -0.1) is 0 Å². The Hall–Kier alpha value is -2.16. The number of hydrogen-bond donors (Lipinski definition) is 2. The molecule has 1 saturated heterocycles. The average Bonchev–Trinajstić information content (AvgIpc) is 2.76. The van der Waals surface area contributed by atoms with Gasteiger partial charge in [0.05, 0.1) is 24.2 Å². The van der Waals surface area contributed by atoms with Crippen LogP contribution in [0.4, 0.5) is 15.8 Å². The SMILES string of the molecule is CC1(C)CC(c2cc(F)cc(N3CCOCC3)c2)Nc2ccc(S(=O)(=O)NC3CCC3)cc21. The maximum atomic E-state index is 14.6. The van der Waals surface area contributed by atoms with Crippen LogP contribution in [-0.4, -0.2) is 40.8 Å². The van der Waals surface area contributed by atoms with Gasteiger partial charge < -0.3 is 15.0 Å². The molecule has 1 atom stereocenters. The molecule has 0 spiro atoms. The Bertz CT molecular complexity index is 1140. The van der Waals surface area contributed by atoms with Gasteiger partial charge in [0, 0.05) is 30.5 Å². The lowest BCUT2D eigenvalue weighted by atomic mass is 9.74. The van der Waals surface area contributed by atoms with Gasteiger partial charge in [-0.1, -0.05) is 20.3 Å². The van der Waals surface area contributed by atoms with E-state index < -0.39 is 10.0 Å². The van der Waals surface area contributed by atoms with Crippen LogP contribution in [0.25, 0.3) is 0 Å². The predicted molar refractivity (Wildman–Crippen MR) is 128 cm³/mol. The van der Waals surface area contributed by atoms with Gasteiger partial charge in [-0.25, -0.2) is 17.5 Å². The third-order valence-electron chi connectivity index (χ3n) is 7.19. The highest BCUT2D eigenvalue weighted by molar-refractivity contribution is 7.89. The largest absolute Gasteiger partial charge is 0.378 e. The van der Waals surface area contributed by atoms with Crippen LogP contribution in [0, 0.1) is 5.82 Å². The Kier molecular flexibility index (Phi) is 5.87. The standard InChI is InChI=1S/C25H32FN3O3S/c1-25(2)16-24(17-12-18(26)14-20(13-17)29-8-10-32-11-9-29)27-23-7-6-21(15-22(23)25)33(30,31)28-19-4-3-5-19/h6-7,12-15,19,24,27-28H,3-5,8-11,16H2,1-2H3. The molecule has 5 rings (SSSR count). The molecule has 0 bridgehead atoms. The highest BCUT2D eigenvalue weighted by atomic mass is 32.2. The first-order chi connectivity index (χ1) is 15.7. The number of benzene rings is 2. The minimum absolute atomic E-state index is 0.0511. The summed E-state index contributed by atoms with van der Waals surface area (Å²) in [4.78, 5) is 2.46. The molecule has 1 aliphatic carbocycles. The Morgan fingerprint density at radius 1 is 1.12 bits per heavy atom. The van der Waals surface area contributed by atoms with Gasteiger partial charge in [0.2, 0.25) is 10.0 Å². The lowest BCUT2D eigenvalue weighted by molar-refractivity contribution is 0.122. The first-order valence-corrected chi connectivity index (χ1v) is 13.3. The molecule has 2 aromatic rings. The zero-order chi connectivity index (χ0) is 23.2. The fourth-order valence-corrected chi connectivity index (χ4v) is 6.38. The molecule has 2 aromatic carbocycles. The van der Waals surface area contributed by atoms with Crippen LogP contribution in [0.3, 0.4) is 0 Å². The van der Waals surface area contributed by atoms with Crippen LogP contribution >= 0.6 is 0 Å². The van der Waals surface area contributed by atoms with E-state index in [1.165, 1.54) is 0 Å². The zero-order valence-electron chi connectivity index (χ0n) is 19.2. The molecule has 33 heavy (non-hydrogen) atoms. The summed E-state index contributed by atoms with van der Waals surface area (Å²) < 4.78 is 48.6. The Morgan fingerprint density at radius 2 is 1.88 bits per heavy atom. The lowest BCUT2D eigenvalue weighted by Crippen LogP contribution is -2.39. The first-order valence-electron chi connectivity index (χ1n) is 11.8. The van der Waals surface area contributed by atoms with Crippen LogP contribution in [0.5, 0.6) is 0 Å². The van der Waals surface area contributed by atoms with Crippen molar-refractivity contribution in [2.24, 2.45) is 0 Å². The Balaban J connectivity index is 1.43. The quantitative estimate of drug-likeness (QED) is 0.677. The molecule has 8 heteroatoms. The maximum Gasteiger partial charge on any atom is 0.240 e. The molecular weight excluding hydrogens is 441 g/mol. The highest BCUT2D eigenvalue weighted by Crippen LogP contribution is 2.45. The molecule has 178 valence electrons. The number of ether oxygens (including phenoxy) is 1. The van der Waals surface area contributed by atoms with E-state index in [1.54, 1.807) is 24.3 Å². The van der Waals surface area contributed by atoms with Crippen molar-refractivity contribution in [2.75, 3.05) is 36.5 Å². The van der Waals surface area contributed by atoms with Crippen LogP contribution < -0.4 is 14.9 Å². The van der Waals surface area contributed by atoms with Crippen LogP contribution in [0.1, 0.15) is 56.7 Å². The summed E-state index contributed by atoms with van der Waals surface area (Å²) in [5.74, 6) is -0.247. The highest BCUT2D eigenvalue weighted by Gasteiger charge is 2.35. The van der Waals surface area contributed by atoms with Crippen LogP contribution in [0.15, 0.2) is 41.3 Å². The molecule has 2 N–H and O–H groups in total. The number of sulfonamides is 1. The van der Waals surface area contributed by atoms with Crippen molar-refractivity contribution in [3.63, 3.8) is 0 Å². The number of fused-ring (bicyclic) bond motifs is 1. The molecule has 0 aromatic heterocycles. The van der Waals surface area contributed by atoms with Gasteiger partial charge in [-0.3, -0.25) is 0 Å². The van der Waals surface area contributed by atoms with E-state index >= 15 is 0 Å². The van der Waals surface area contributed by atoms with Crippen molar-refractivity contribution < 1.29 is 17.5 Å². The molecule has 3 aliphatic rings. The fourth-order valence-electron chi connectivity index (χ4n) is 5.05. The minimum atomic E-state index is -3.54. The molecule has 1 saturated carbocycles. The fraction of sp³-hybridized carbons (Fsp3) is 0.520. The smallest absolute Gasteiger partial charge is 0.240 e. The number of morpholine rings is 1. The Labute approximate surface area is 195 Å². The van der Waals surface area contributed by atoms with Crippen molar-refractivity contribution in [3.05, 3.63) is 53.3 Å². The van der Waals surface area contributed by atoms with Gasteiger partial charge in [-0.05, 0) is 72.2 Å². The van der Waals surface area contributed by atoms with Crippen LogP contribution in [0.2, 0.25) is 0 Å². The van der Waals surface area contributed by atoms with Crippen LogP contribution in [-0.2, 0) is 20.2 Å². The zero-order valence-corrected chi connectivity index (χ0v) is 20.1. The molecule has 0 radical (unpaired) electrons. The summed E-state index contributed by atoms with van der Waals surface area (Å²) in [5, 5.41) is 3.54. The first kappa shape index (κ1) is 22.6. The molecule has 1 unspecified atom stereocenters. The van der Waals surface area contributed by atoms with Crippen molar-refractivity contribution in [2.45, 2.75) is 61.9 Å². The van der Waals surface area contributed by atoms with Gasteiger partial charge >= 0.3 is 0 Å². The summed E-state index contributed by atoms with van der Waals surface area (Å²) in [6, 6.07) is 10.5. The Morgan fingerprint density at radius 3 is 2.58 bits per heavy atom. The molecule has 6 nitrogen and oxygen atoms in total. The van der Waals surface area contributed by atoms with E-state index in [0.29, 0.717) is 18.1 Å². The van der Waals surface area contributed by atoms with Crippen molar-refractivity contribution in [1.29, 1.82) is 0 Å². The number of rotatable bonds is 5. The van der Waals surface area contributed by atoms with Crippen molar-refractivity contribution >= 4 is 21.4 Å². The normalized spacial score (nSPS) is 22.9. The molecule has 2 heterocycles. The second-order valence-electron chi connectivity index (χ2n) is 10.1. The van der Waals surface area contributed by atoms with Crippen molar-refractivity contribution in [1.82, 2.24) is 4.72 Å². The number of nitrogens with one attached hydrogen (secondary N) is 2. The van der Waals surface area contributed by atoms with E-state index in [1.807, 2.05) is 6.07 Å². The summed E-state index contributed by atoms with van der Waals surface area (Å²) in [7, 11) is -3.54. The molecule has 2 aliphatic heterocycles. The number of nitrogens with zero attached hydrogens (tertiary/aromatic N) is 1. The van der Waals surface area contributed by atoms with Crippen molar-refractivity contribution in [3.8, 4) is 0 Å². The summed E-state index contributed by atoms with van der Waals surface area (Å²) in [6.07, 6.45) is 3.60. The number of halogens is 1. The van der Waals surface area contributed by atoms with Gasteiger partial charge in [0.15, 0.2) is 0 Å². The van der Waals surface area contributed by atoms with E-state index in [4.69, 9.17) is 4.74 Å². The number of anilines is 2. The predicted octanol–water partition coefficient (Wildman–Crippen LogP) is 4.33. The lowest BCUT2D eigenvalue weighted by Gasteiger charge is -2.39. The third kappa shape index (κ3) is 4.61. The molecule has 2 fully saturated rings. The van der Waals surface area contributed by atoms with Gasteiger partial charge in [0.1, 0.15) is 5.82 Å². The molecular formula is C25H32FN3O3S. The van der Waals surface area contributed by atoms with Gasteiger partial charge in [0.25, 0.3) is 0 Å². The third-order valence-corrected chi connectivity index (χ3v) is 8.70. The number of hydrogen-bond acceptors (Lipinski definition) is 5. The van der Waals surface area contributed by atoms with Gasteiger partial charge in [-0.2, -0.15) is 0 Å². The maximum absolute atomic E-state index is 14.6. The second kappa shape index (κ2) is 8.56. The summed E-state index contributed by atoms with van der Waals surface area (Å²) >= 11 is 0. The van der Waals surface area contributed by atoms with E-state index in [9.17, 15) is 12.8 Å². The monoisotopic (exact) mass is 473 g/mol. The minimum Gasteiger partial charge on any atom is -0.378 e. The topological polar surface area (TPSA) is 70.7 Å². The van der Waals surface area contributed by atoms with E-state index in [0.717, 1.165) is 61.3 Å².